The second kappa shape index (κ2) is 21.8. The minimum atomic E-state index is -1.13. The monoisotopic (exact) mass is 974 g/mol. The van der Waals surface area contributed by atoms with Gasteiger partial charge in [-0.05, 0) is 98.8 Å². The zero-order valence-corrected chi connectivity index (χ0v) is 42.9. The van der Waals surface area contributed by atoms with Gasteiger partial charge in [-0.3, -0.25) is 29.0 Å². The van der Waals surface area contributed by atoms with Crippen LogP contribution in [0.15, 0.2) is 84.3 Å². The first-order chi connectivity index (χ1) is 34.0. The lowest BCUT2D eigenvalue weighted by atomic mass is 9.82. The number of aliphatic hydroxyl groups is 1. The summed E-state index contributed by atoms with van der Waals surface area (Å²) in [5.41, 5.74) is 10.2. The van der Waals surface area contributed by atoms with Crippen LogP contribution in [0.2, 0.25) is 0 Å². The van der Waals surface area contributed by atoms with E-state index in [1.807, 2.05) is 13.8 Å². The number of hydrogen-bond acceptors (Lipinski definition) is 10. The number of likely N-dealkylation sites (tertiary alicyclic amines) is 2. The van der Waals surface area contributed by atoms with Gasteiger partial charge in [0.05, 0.1) is 30.1 Å². The van der Waals surface area contributed by atoms with Gasteiger partial charge in [-0.25, -0.2) is 5.43 Å². The van der Waals surface area contributed by atoms with Crippen LogP contribution in [0.3, 0.4) is 0 Å². The Bertz CT molecular complexity index is 2560. The molecule has 382 valence electrons. The number of aromatic nitrogens is 1. The molecule has 4 aliphatic heterocycles. The number of carbonyl (C=O) groups excluding carboxylic acids is 5. The Morgan fingerprint density at radius 3 is 2.61 bits per heavy atom. The van der Waals surface area contributed by atoms with Gasteiger partial charge in [0.25, 0.3) is 5.91 Å². The maximum atomic E-state index is 14.8. The molecule has 1 unspecified atom stereocenters. The first-order valence-corrected chi connectivity index (χ1v) is 25.8. The summed E-state index contributed by atoms with van der Waals surface area (Å²) in [6, 6.07) is 3.71. The number of aryl methyl sites for hydroxylation is 1. The van der Waals surface area contributed by atoms with Gasteiger partial charge in [-0.1, -0.05) is 70.7 Å². The molecule has 2 aromatic rings. The van der Waals surface area contributed by atoms with Gasteiger partial charge >= 0.3 is 5.97 Å². The molecule has 15 heteroatoms. The van der Waals surface area contributed by atoms with Crippen molar-refractivity contribution in [3.05, 3.63) is 101 Å². The van der Waals surface area contributed by atoms with Crippen molar-refractivity contribution in [3.63, 3.8) is 0 Å². The summed E-state index contributed by atoms with van der Waals surface area (Å²) >= 11 is 0. The average molecular weight is 974 g/mol. The summed E-state index contributed by atoms with van der Waals surface area (Å²) in [7, 11) is 3.38. The number of amides is 4. The summed E-state index contributed by atoms with van der Waals surface area (Å²) in [6.45, 7) is 17.2. The Balaban J connectivity index is 1.20. The molecule has 0 spiro atoms. The van der Waals surface area contributed by atoms with E-state index in [2.05, 4.69) is 96.1 Å². The molecule has 5 atom stereocenters. The maximum Gasteiger partial charge on any atom is 0.324 e. The molecule has 15 nitrogen and oxygen atoms in total. The molecular formula is C56H75N7O8. The predicted octanol–water partition coefficient (Wildman–Crippen LogP) is 6.87. The van der Waals surface area contributed by atoms with E-state index in [0.717, 1.165) is 61.1 Å². The minimum absolute atomic E-state index is 0.0400. The van der Waals surface area contributed by atoms with E-state index < -0.39 is 47.2 Å². The summed E-state index contributed by atoms with van der Waals surface area (Å²) in [5.74, 6) is -2.81. The highest BCUT2D eigenvalue weighted by atomic mass is 16.5. The van der Waals surface area contributed by atoms with E-state index in [1.165, 1.54) is 32.8 Å². The molecule has 0 radical (unpaired) electrons. The number of hydrogen-bond donors (Lipinski definition) is 3. The number of hydrazine groups is 1. The van der Waals surface area contributed by atoms with E-state index >= 15 is 0 Å². The van der Waals surface area contributed by atoms with Crippen LogP contribution in [-0.4, -0.2) is 137 Å². The van der Waals surface area contributed by atoms with Crippen LogP contribution >= 0.6 is 0 Å². The SMILES string of the molecule is C=CC(=O)N1CC[C@H](C(=O)N(C)[C@H](C(=O)N[C@H]2CC3=CC(CC(O)=C3)c3ccc4c(c3)c(c(C3=C(\N5CC(OC)C5)CCC/C=C/C=C\3)n4CC)CC(C)(C)COC(=O)[C@@H]3CCCN(N3)C2=O)C(C)C)C1. The average Bonchev–Trinajstić information content (AvgIpc) is 3.97. The topological polar surface area (TPSA) is 166 Å². The molecule has 6 bridgehead atoms. The van der Waals surface area contributed by atoms with Crippen LogP contribution in [0.4, 0.5) is 0 Å². The standard InChI is InChI=1S/C56H75N7O8/c1-9-49(65)60-24-22-38(31-60)53(67)59(7)50(35(3)4)52(66)57-46-27-36-25-39(28-40(64)26-36)37-20-21-48-43(29-37)44(30-56(5,6)34-71-55(69)45-18-16-23-63(58-45)54(46)68)51(62(48)10-2)42-17-14-12-11-13-15-19-47(42)61-32-41(33-61)70-8/h9,11-12,14,17,20-21,25-26,29,35,38-39,41,45-46,50,58,64H,1,10,13,15-16,18-19,22-24,27-28,30-34H2,2-8H3,(H,57,66)/b12-11+,17-14-,47-42-/t38-,39?,45-,46-,50-/m0/s1. The Morgan fingerprint density at radius 1 is 1.08 bits per heavy atom. The Labute approximate surface area is 419 Å². The number of ether oxygens (including phenoxy) is 2. The quantitative estimate of drug-likeness (QED) is 0.169. The second-order valence-electron chi connectivity index (χ2n) is 21.5. The number of carbonyl (C=O) groups is 5. The van der Waals surface area contributed by atoms with Gasteiger partial charge in [0.1, 0.15) is 18.1 Å². The number of cyclic esters (lactones) is 1. The Kier molecular flexibility index (Phi) is 15.8. The highest BCUT2D eigenvalue weighted by Gasteiger charge is 2.41. The summed E-state index contributed by atoms with van der Waals surface area (Å²) in [5, 5.41) is 17.1. The Hall–Kier alpha value is -5.93. The van der Waals surface area contributed by atoms with Crippen LogP contribution in [0.1, 0.15) is 109 Å². The van der Waals surface area contributed by atoms with E-state index in [0.29, 0.717) is 50.8 Å². The lowest BCUT2D eigenvalue weighted by Gasteiger charge is -2.42. The number of aliphatic hydroxyl groups excluding tert-OH is 1. The predicted molar refractivity (Wildman–Crippen MR) is 274 cm³/mol. The molecular weight excluding hydrogens is 899 g/mol. The fraction of sp³-hybridized carbons (Fsp3) is 0.554. The lowest BCUT2D eigenvalue weighted by Crippen LogP contribution is -2.62. The van der Waals surface area contributed by atoms with Crippen molar-refractivity contribution in [3.8, 4) is 0 Å². The second-order valence-corrected chi connectivity index (χ2v) is 21.5. The summed E-state index contributed by atoms with van der Waals surface area (Å²) in [4.78, 5) is 75.4. The lowest BCUT2D eigenvalue weighted by molar-refractivity contribution is -0.155. The van der Waals surface area contributed by atoms with Crippen LogP contribution in [-0.2, 0) is 46.4 Å². The molecule has 8 rings (SSSR count). The smallest absolute Gasteiger partial charge is 0.324 e. The first-order valence-electron chi connectivity index (χ1n) is 25.8. The van der Waals surface area contributed by atoms with Gasteiger partial charge in [0.2, 0.25) is 17.7 Å². The highest BCUT2D eigenvalue weighted by molar-refractivity contribution is 5.95. The van der Waals surface area contributed by atoms with Crippen molar-refractivity contribution in [2.24, 2.45) is 17.3 Å². The van der Waals surface area contributed by atoms with E-state index in [-0.39, 0.29) is 55.1 Å². The maximum absolute atomic E-state index is 14.8. The number of fused-ring (bicyclic) bond motifs is 5. The molecule has 2 aliphatic carbocycles. The fourth-order valence-electron chi connectivity index (χ4n) is 11.5. The van der Waals surface area contributed by atoms with Crippen LogP contribution < -0.4 is 10.7 Å². The molecule has 3 N–H and O–H groups in total. The third-order valence-corrected chi connectivity index (χ3v) is 15.3. The number of likely N-dealkylation sites (N-methyl/N-ethyl adjacent to an activating group) is 1. The first kappa shape index (κ1) is 51.4. The number of nitrogens with zero attached hydrogens (tertiary/aromatic N) is 5. The molecule has 3 fully saturated rings. The van der Waals surface area contributed by atoms with Gasteiger partial charge < -0.3 is 39.2 Å². The molecule has 1 aromatic heterocycles. The van der Waals surface area contributed by atoms with Gasteiger partial charge in [0, 0.05) is 99.8 Å². The number of nitrogens with one attached hydrogen (secondary N) is 2. The third-order valence-electron chi connectivity index (χ3n) is 15.3. The summed E-state index contributed by atoms with van der Waals surface area (Å²) in [6.07, 6.45) is 19.4. The van der Waals surface area contributed by atoms with Crippen molar-refractivity contribution in [2.75, 3.05) is 53.5 Å². The molecule has 5 heterocycles. The van der Waals surface area contributed by atoms with Gasteiger partial charge in [-0.2, -0.15) is 0 Å². The van der Waals surface area contributed by atoms with Crippen LogP contribution in [0.25, 0.3) is 16.5 Å². The van der Waals surface area contributed by atoms with Crippen molar-refractivity contribution in [1.82, 2.24) is 35.0 Å². The molecule has 3 saturated heterocycles. The largest absolute Gasteiger partial charge is 0.512 e. The van der Waals surface area contributed by atoms with E-state index in [9.17, 15) is 29.1 Å². The Morgan fingerprint density at radius 2 is 1.87 bits per heavy atom. The number of rotatable bonds is 10. The van der Waals surface area contributed by atoms with Crippen molar-refractivity contribution in [1.29, 1.82) is 0 Å². The van der Waals surface area contributed by atoms with Crippen LogP contribution in [0, 0.1) is 17.3 Å². The van der Waals surface area contributed by atoms with E-state index in [1.54, 1.807) is 25.1 Å². The van der Waals surface area contributed by atoms with Crippen molar-refractivity contribution < 1.29 is 38.6 Å². The normalized spacial score (nSPS) is 26.7. The highest BCUT2D eigenvalue weighted by Crippen LogP contribution is 2.42. The van der Waals surface area contributed by atoms with Gasteiger partial charge in [0.15, 0.2) is 0 Å². The molecule has 0 saturated carbocycles. The van der Waals surface area contributed by atoms with Gasteiger partial charge in [-0.15, -0.1) is 0 Å². The zero-order chi connectivity index (χ0) is 50.7. The number of esters is 1. The number of methoxy groups -OCH3 is 1. The number of benzene rings is 1. The molecule has 4 amide bonds. The molecule has 71 heavy (non-hydrogen) atoms. The third kappa shape index (κ3) is 11.1. The fourth-order valence-corrected chi connectivity index (χ4v) is 11.5. The number of allylic oxidation sites excluding steroid dienone is 9. The van der Waals surface area contributed by atoms with Crippen LogP contribution in [0.5, 0.6) is 0 Å². The zero-order valence-electron chi connectivity index (χ0n) is 42.9. The minimum Gasteiger partial charge on any atom is -0.512 e. The van der Waals surface area contributed by atoms with Crippen molar-refractivity contribution >= 4 is 46.1 Å². The summed E-state index contributed by atoms with van der Waals surface area (Å²) < 4.78 is 14.4. The van der Waals surface area contributed by atoms with Crippen molar-refractivity contribution in [2.45, 2.75) is 129 Å². The van der Waals surface area contributed by atoms with E-state index in [4.69, 9.17) is 9.47 Å². The molecule has 6 aliphatic rings. The molecule has 1 aromatic carbocycles.